The van der Waals surface area contributed by atoms with Gasteiger partial charge < -0.3 is 23.7 Å². The molecule has 2 atom stereocenters. The van der Waals surface area contributed by atoms with E-state index < -0.39 is 12.2 Å². The highest BCUT2D eigenvalue weighted by Crippen LogP contribution is 2.27. The lowest BCUT2D eigenvalue weighted by molar-refractivity contribution is 0.0722. The third kappa shape index (κ3) is 6.90. The van der Waals surface area contributed by atoms with Crippen LogP contribution in [0.3, 0.4) is 0 Å². The predicted molar refractivity (Wildman–Crippen MR) is 128 cm³/mol. The van der Waals surface area contributed by atoms with Crippen molar-refractivity contribution in [2.45, 2.75) is 25.6 Å². The SMILES string of the molecule is Cc1ccc(NC(=O)Oc2ccco2)c(OCC(O)CN2CCC(Oc3ccc(Cl)cc3)C2)c1. The number of hydrogen-bond donors (Lipinski definition) is 2. The number of β-amino-alcohol motifs (C(OH)–C–C–N with tert-alkyl or cyclic N) is 1. The summed E-state index contributed by atoms with van der Waals surface area (Å²) in [7, 11) is 0. The molecule has 0 aliphatic carbocycles. The maximum atomic E-state index is 12.1. The Kier molecular flexibility index (Phi) is 7.95. The minimum atomic E-state index is -0.710. The van der Waals surface area contributed by atoms with Crippen LogP contribution in [0.4, 0.5) is 10.5 Å². The van der Waals surface area contributed by atoms with Crippen molar-refractivity contribution in [1.82, 2.24) is 4.90 Å². The number of carbonyl (C=O) groups is 1. The molecule has 0 saturated carbocycles. The lowest BCUT2D eigenvalue weighted by Gasteiger charge is -2.21. The van der Waals surface area contributed by atoms with E-state index in [9.17, 15) is 9.90 Å². The second-order valence-corrected chi connectivity index (χ2v) is 8.59. The molecule has 1 saturated heterocycles. The molecule has 1 fully saturated rings. The smallest absolute Gasteiger partial charge is 0.419 e. The highest BCUT2D eigenvalue weighted by atomic mass is 35.5. The van der Waals surface area contributed by atoms with Gasteiger partial charge in [0.15, 0.2) is 0 Å². The van der Waals surface area contributed by atoms with Gasteiger partial charge in [-0.25, -0.2) is 4.79 Å². The largest absolute Gasteiger partial charge is 0.489 e. The quantitative estimate of drug-likeness (QED) is 0.451. The van der Waals surface area contributed by atoms with Crippen molar-refractivity contribution in [3.05, 3.63) is 71.4 Å². The molecule has 2 aromatic carbocycles. The summed E-state index contributed by atoms with van der Waals surface area (Å²) in [4.78, 5) is 14.3. The number of likely N-dealkylation sites (tertiary alicyclic amines) is 1. The molecule has 1 aliphatic heterocycles. The Morgan fingerprint density at radius 1 is 1.26 bits per heavy atom. The number of furan rings is 1. The van der Waals surface area contributed by atoms with E-state index in [1.165, 1.54) is 12.3 Å². The van der Waals surface area contributed by atoms with Gasteiger partial charge in [-0.2, -0.15) is 0 Å². The number of rotatable bonds is 9. The zero-order valence-corrected chi connectivity index (χ0v) is 19.5. The lowest BCUT2D eigenvalue weighted by atomic mass is 10.2. The number of nitrogens with one attached hydrogen (secondary N) is 1. The molecular weight excluding hydrogens is 460 g/mol. The summed E-state index contributed by atoms with van der Waals surface area (Å²) >= 11 is 5.92. The highest BCUT2D eigenvalue weighted by molar-refractivity contribution is 6.30. The fraction of sp³-hybridized carbons (Fsp3) is 0.320. The Hall–Kier alpha value is -3.20. The first-order valence-electron chi connectivity index (χ1n) is 11.0. The lowest BCUT2D eigenvalue weighted by Crippen LogP contribution is -2.35. The molecule has 2 unspecified atom stereocenters. The van der Waals surface area contributed by atoms with E-state index in [4.69, 9.17) is 30.2 Å². The van der Waals surface area contributed by atoms with Crippen molar-refractivity contribution in [1.29, 1.82) is 0 Å². The predicted octanol–water partition coefficient (Wildman–Crippen LogP) is 4.75. The molecule has 1 aliphatic rings. The molecule has 1 amide bonds. The summed E-state index contributed by atoms with van der Waals surface area (Å²) in [6.07, 6.45) is 0.935. The number of carbonyl (C=O) groups excluding carboxylic acids is 1. The summed E-state index contributed by atoms with van der Waals surface area (Å²) in [5, 5.41) is 13.9. The summed E-state index contributed by atoms with van der Waals surface area (Å²) in [5.74, 6) is 1.32. The van der Waals surface area contributed by atoms with Crippen LogP contribution in [-0.2, 0) is 0 Å². The first-order chi connectivity index (χ1) is 16.4. The van der Waals surface area contributed by atoms with Gasteiger partial charge in [0.05, 0.1) is 12.0 Å². The van der Waals surface area contributed by atoms with Gasteiger partial charge in [-0.3, -0.25) is 10.2 Å². The van der Waals surface area contributed by atoms with Crippen LogP contribution in [0.15, 0.2) is 65.3 Å². The van der Waals surface area contributed by atoms with Crippen molar-refractivity contribution in [3.8, 4) is 17.4 Å². The Labute approximate surface area is 203 Å². The summed E-state index contributed by atoms with van der Waals surface area (Å²) < 4.78 is 21.9. The molecule has 0 radical (unpaired) electrons. The average molecular weight is 487 g/mol. The molecule has 9 heteroatoms. The van der Waals surface area contributed by atoms with Crippen molar-refractivity contribution in [3.63, 3.8) is 0 Å². The monoisotopic (exact) mass is 486 g/mol. The average Bonchev–Trinajstić information content (AvgIpc) is 3.47. The van der Waals surface area contributed by atoms with Crippen LogP contribution >= 0.6 is 11.6 Å². The highest BCUT2D eigenvalue weighted by Gasteiger charge is 2.26. The van der Waals surface area contributed by atoms with Crippen molar-refractivity contribution in [2.75, 3.05) is 31.6 Å². The van der Waals surface area contributed by atoms with Crippen LogP contribution < -0.4 is 19.5 Å². The Morgan fingerprint density at radius 3 is 2.85 bits per heavy atom. The number of aryl methyl sites for hydroxylation is 1. The molecule has 4 rings (SSSR count). The second kappa shape index (κ2) is 11.3. The van der Waals surface area contributed by atoms with Gasteiger partial charge in [0.2, 0.25) is 0 Å². The molecule has 180 valence electrons. The number of aliphatic hydroxyl groups excluding tert-OH is 1. The van der Waals surface area contributed by atoms with E-state index in [2.05, 4.69) is 10.2 Å². The minimum absolute atomic E-state index is 0.0574. The van der Waals surface area contributed by atoms with Gasteiger partial charge >= 0.3 is 6.09 Å². The van der Waals surface area contributed by atoms with Crippen LogP contribution in [0.5, 0.6) is 17.4 Å². The zero-order chi connectivity index (χ0) is 23.9. The van der Waals surface area contributed by atoms with Gasteiger partial charge in [0.1, 0.15) is 30.3 Å². The van der Waals surface area contributed by atoms with Crippen LogP contribution in [0.25, 0.3) is 0 Å². The third-order valence-electron chi connectivity index (χ3n) is 5.31. The van der Waals surface area contributed by atoms with E-state index in [1.807, 2.05) is 25.1 Å². The van der Waals surface area contributed by atoms with Gasteiger partial charge in [-0.15, -0.1) is 0 Å². The van der Waals surface area contributed by atoms with Crippen molar-refractivity contribution < 1.29 is 28.5 Å². The van der Waals surface area contributed by atoms with E-state index >= 15 is 0 Å². The zero-order valence-electron chi connectivity index (χ0n) is 18.8. The van der Waals surface area contributed by atoms with Gasteiger partial charge in [0.25, 0.3) is 5.95 Å². The molecule has 34 heavy (non-hydrogen) atoms. The van der Waals surface area contributed by atoms with Crippen LogP contribution in [0, 0.1) is 6.92 Å². The van der Waals surface area contributed by atoms with Crippen molar-refractivity contribution >= 4 is 23.4 Å². The fourth-order valence-electron chi connectivity index (χ4n) is 3.70. The molecule has 2 N–H and O–H groups in total. The molecule has 0 spiro atoms. The Bertz CT molecular complexity index is 1070. The van der Waals surface area contributed by atoms with Gasteiger partial charge in [0, 0.05) is 30.7 Å². The van der Waals surface area contributed by atoms with Gasteiger partial charge in [-0.05, 0) is 61.4 Å². The molecular formula is C25H27ClN2O6. The third-order valence-corrected chi connectivity index (χ3v) is 5.56. The summed E-state index contributed by atoms with van der Waals surface area (Å²) in [5.41, 5.74) is 1.39. The number of benzene rings is 2. The summed E-state index contributed by atoms with van der Waals surface area (Å²) in [6.45, 7) is 3.99. The van der Waals surface area contributed by atoms with Gasteiger partial charge in [-0.1, -0.05) is 17.7 Å². The number of amides is 1. The number of aliphatic hydroxyl groups is 1. The van der Waals surface area contributed by atoms with Crippen molar-refractivity contribution in [2.24, 2.45) is 0 Å². The molecule has 3 aromatic rings. The number of anilines is 1. The second-order valence-electron chi connectivity index (χ2n) is 8.15. The van der Waals surface area contributed by atoms with Crippen LogP contribution in [-0.4, -0.2) is 54.5 Å². The number of ether oxygens (including phenoxy) is 3. The van der Waals surface area contributed by atoms with E-state index in [0.29, 0.717) is 23.0 Å². The maximum Gasteiger partial charge on any atom is 0.419 e. The maximum absolute atomic E-state index is 12.1. The first kappa shape index (κ1) is 23.9. The van der Waals surface area contributed by atoms with E-state index in [-0.39, 0.29) is 18.7 Å². The number of halogens is 1. The summed E-state index contributed by atoms with van der Waals surface area (Å²) in [6, 6.07) is 15.8. The first-order valence-corrected chi connectivity index (χ1v) is 11.4. The topological polar surface area (TPSA) is 93.4 Å². The van der Waals surface area contributed by atoms with E-state index in [1.54, 1.807) is 30.3 Å². The van der Waals surface area contributed by atoms with Crippen LogP contribution in [0.1, 0.15) is 12.0 Å². The normalized spacial score (nSPS) is 16.7. The molecule has 8 nitrogen and oxygen atoms in total. The molecule has 2 heterocycles. The molecule has 0 bridgehead atoms. The van der Waals surface area contributed by atoms with E-state index in [0.717, 1.165) is 30.8 Å². The van der Waals surface area contributed by atoms with Crippen LogP contribution in [0.2, 0.25) is 5.02 Å². The standard InChI is InChI=1S/C25H27ClN2O6/c1-17-4-9-22(27-25(30)34-24-3-2-12-31-24)23(13-17)32-16-19(29)14-28-11-10-21(15-28)33-20-7-5-18(26)6-8-20/h2-9,12-13,19,21,29H,10-11,14-16H2,1H3,(H,27,30). The molecule has 1 aromatic heterocycles. The minimum Gasteiger partial charge on any atom is -0.489 e. The Morgan fingerprint density at radius 2 is 2.09 bits per heavy atom. The Balaban J connectivity index is 1.25. The fourth-order valence-corrected chi connectivity index (χ4v) is 3.83. The number of nitrogens with zero attached hydrogens (tertiary/aromatic N) is 1. The number of hydrogen-bond acceptors (Lipinski definition) is 7.